The summed E-state index contributed by atoms with van der Waals surface area (Å²) in [5, 5.41) is 47.3. The minimum absolute atomic E-state index is 0.0192. The van der Waals surface area contributed by atoms with E-state index in [4.69, 9.17) is 4.74 Å². The molecule has 1 saturated heterocycles. The van der Waals surface area contributed by atoms with Crippen molar-refractivity contribution in [2.24, 2.45) is 46.8 Å². The molecule has 0 spiro atoms. The molecule has 0 saturated carbocycles. The zero-order valence-electron chi connectivity index (χ0n) is 64.6. The van der Waals surface area contributed by atoms with Crippen molar-refractivity contribution < 1.29 is 67.5 Å². The fourth-order valence-corrected chi connectivity index (χ4v) is 23.1. The number of benzene rings is 11. The first-order chi connectivity index (χ1) is 56.0. The van der Waals surface area contributed by atoms with Crippen molar-refractivity contribution in [3.63, 3.8) is 0 Å². The Labute approximate surface area is 671 Å². The monoisotopic (exact) mass is 1540 g/mol. The SMILES string of the molecule is CC(F)(F)COC(=O)C1C2c3ccccc3C(c3ccccc32)C1C(C)(C)C.CCCN1C(=O)C2C3c4ccccc4C(c4ccccc43)C2C1=O.O=C([O-])C12c3ccccc3C(c3ccccc31)c1ccccc12.O=C([O-])C1C2c3ccccc3C(c3ccccc32)C1C(=O)[O-].O=C([O-])C1CC2c3ccccc3C1c1ccccc12. The van der Waals surface area contributed by atoms with E-state index in [-0.39, 0.29) is 76.4 Å². The number of esters is 1. The van der Waals surface area contributed by atoms with Gasteiger partial charge in [-0.05, 0) is 147 Å². The average molecular weight is 1540 g/mol. The highest BCUT2D eigenvalue weighted by Crippen LogP contribution is 2.66. The number of carbonyl (C=O) groups excluding carboxylic acids is 7. The van der Waals surface area contributed by atoms with Crippen LogP contribution in [0.1, 0.15) is 223 Å². The molecule has 15 heteroatoms. The van der Waals surface area contributed by atoms with Gasteiger partial charge >= 0.3 is 5.97 Å². The molecule has 27 rings (SSSR count). The predicted octanol–water partition coefficient (Wildman–Crippen LogP) is 13.7. The highest BCUT2D eigenvalue weighted by molar-refractivity contribution is 6.08. The molecule has 10 bridgehead atoms. The first-order valence-corrected chi connectivity index (χ1v) is 40.2. The number of amides is 2. The lowest BCUT2D eigenvalue weighted by Gasteiger charge is -2.54. The van der Waals surface area contributed by atoms with Crippen molar-refractivity contribution in [1.82, 2.24) is 4.90 Å². The van der Waals surface area contributed by atoms with Gasteiger partial charge in [0.1, 0.15) is 0 Å². The highest BCUT2D eigenvalue weighted by Gasteiger charge is 2.62. The second kappa shape index (κ2) is 28.6. The number of fused-ring (bicyclic) bond motifs is 3. The van der Waals surface area contributed by atoms with Crippen LogP contribution in [-0.2, 0) is 43.7 Å². The number of likely N-dealkylation sites (tertiary alicyclic amines) is 1. The Morgan fingerprint density at radius 2 is 0.655 bits per heavy atom. The minimum Gasteiger partial charge on any atom is -0.550 e. The number of hydrogen-bond acceptors (Lipinski definition) is 12. The molecule has 15 aliphatic carbocycles. The number of aliphatic carboxylic acids is 4. The molecule has 7 unspecified atom stereocenters. The third-order valence-corrected chi connectivity index (χ3v) is 27.1. The Hall–Kier alpha value is -12.2. The van der Waals surface area contributed by atoms with E-state index in [1.54, 1.807) is 0 Å². The van der Waals surface area contributed by atoms with Gasteiger partial charge in [0.25, 0.3) is 5.92 Å². The zero-order valence-corrected chi connectivity index (χ0v) is 64.6. The average Bonchev–Trinajstić information content (AvgIpc) is 1.12. The fraction of sp³-hybridized carbons (Fsp3) is 0.277. The lowest BCUT2D eigenvalue weighted by Crippen LogP contribution is -2.54. The summed E-state index contributed by atoms with van der Waals surface area (Å²) in [6, 6.07) is 88.2. The van der Waals surface area contributed by atoms with Crippen LogP contribution in [0.5, 0.6) is 0 Å². The first kappa shape index (κ1) is 75.1. The Balaban J connectivity index is 0.000000101. The van der Waals surface area contributed by atoms with E-state index >= 15 is 0 Å². The molecule has 1 fully saturated rings. The molecule has 2 amide bonds. The van der Waals surface area contributed by atoms with E-state index in [1.807, 2.05) is 201 Å². The maximum absolute atomic E-state index is 13.4. The van der Waals surface area contributed by atoms with Crippen LogP contribution < -0.4 is 20.4 Å². The number of carboxylic acid groups (broad SMARTS) is 4. The molecule has 16 aliphatic rings. The lowest BCUT2D eigenvalue weighted by molar-refractivity contribution is -0.328. The Morgan fingerprint density at radius 3 is 0.940 bits per heavy atom. The van der Waals surface area contributed by atoms with Crippen molar-refractivity contribution in [1.29, 1.82) is 0 Å². The quantitative estimate of drug-likeness (QED) is 0.0972. The molecule has 0 radical (unpaired) electrons. The molecule has 11 aromatic carbocycles. The van der Waals surface area contributed by atoms with Gasteiger partial charge in [0.05, 0.1) is 29.1 Å². The maximum atomic E-state index is 13.4. The molecule has 11 aromatic rings. The first-order valence-electron chi connectivity index (χ1n) is 40.2. The molecule has 7 atom stereocenters. The van der Waals surface area contributed by atoms with Gasteiger partial charge in [-0.15, -0.1) is 0 Å². The fourth-order valence-electron chi connectivity index (χ4n) is 23.1. The number of carboxylic acids is 4. The van der Waals surface area contributed by atoms with Gasteiger partial charge in [0.2, 0.25) is 11.8 Å². The van der Waals surface area contributed by atoms with Gasteiger partial charge in [0.15, 0.2) is 6.61 Å². The van der Waals surface area contributed by atoms with Crippen LogP contribution in [0.15, 0.2) is 267 Å². The highest BCUT2D eigenvalue weighted by atomic mass is 19.3. The summed E-state index contributed by atoms with van der Waals surface area (Å²) >= 11 is 0. The molecule has 13 nitrogen and oxygen atoms in total. The van der Waals surface area contributed by atoms with E-state index in [1.165, 1.54) is 60.5 Å². The van der Waals surface area contributed by atoms with E-state index in [0.29, 0.717) is 13.0 Å². The van der Waals surface area contributed by atoms with E-state index < -0.39 is 83.3 Å². The topological polar surface area (TPSA) is 224 Å². The second-order valence-electron chi connectivity index (χ2n) is 34.0. The summed E-state index contributed by atoms with van der Waals surface area (Å²) in [5.74, 6) is -12.4. The number of imide groups is 1. The Kier molecular flexibility index (Phi) is 18.6. The van der Waals surface area contributed by atoms with Crippen LogP contribution in [0.3, 0.4) is 0 Å². The second-order valence-corrected chi connectivity index (χ2v) is 34.0. The van der Waals surface area contributed by atoms with Gasteiger partial charge in [-0.3, -0.25) is 19.3 Å². The van der Waals surface area contributed by atoms with Gasteiger partial charge in [0, 0.05) is 102 Å². The van der Waals surface area contributed by atoms with E-state index in [2.05, 4.69) is 93.6 Å². The Morgan fingerprint density at radius 1 is 0.379 bits per heavy atom. The maximum Gasteiger partial charge on any atom is 0.310 e. The summed E-state index contributed by atoms with van der Waals surface area (Å²) in [4.78, 5) is 88.1. The summed E-state index contributed by atoms with van der Waals surface area (Å²) in [5.41, 5.74) is 22.6. The van der Waals surface area contributed by atoms with Crippen LogP contribution in [0, 0.1) is 46.8 Å². The number of nitrogens with zero attached hydrogens (tertiary/aromatic N) is 1. The molecular formula is C101H83F2NO12-4. The number of rotatable bonds is 9. The largest absolute Gasteiger partial charge is 0.550 e. The molecule has 582 valence electrons. The van der Waals surface area contributed by atoms with E-state index in [0.717, 1.165) is 80.1 Å². The van der Waals surface area contributed by atoms with Crippen molar-refractivity contribution in [2.75, 3.05) is 13.2 Å². The third kappa shape index (κ3) is 11.5. The van der Waals surface area contributed by atoms with Gasteiger partial charge < -0.3 is 44.3 Å². The number of carbonyl (C=O) groups is 7. The van der Waals surface area contributed by atoms with Crippen LogP contribution in [-0.4, -0.2) is 65.6 Å². The normalized spacial score (nSPS) is 26.5. The molecule has 0 N–H and O–H groups in total. The van der Waals surface area contributed by atoms with Crippen LogP contribution >= 0.6 is 0 Å². The molecule has 1 aliphatic heterocycles. The number of ether oxygens (including phenoxy) is 1. The number of hydrogen-bond donors (Lipinski definition) is 0. The third-order valence-electron chi connectivity index (χ3n) is 27.1. The van der Waals surface area contributed by atoms with Crippen molar-refractivity contribution in [3.05, 3.63) is 389 Å². The van der Waals surface area contributed by atoms with Crippen LogP contribution in [0.2, 0.25) is 0 Å². The summed E-state index contributed by atoms with van der Waals surface area (Å²) in [6.07, 6.45) is 1.48. The summed E-state index contributed by atoms with van der Waals surface area (Å²) in [6.45, 7) is 8.82. The number of alkyl halides is 2. The molecule has 1 heterocycles. The smallest absolute Gasteiger partial charge is 0.310 e. The van der Waals surface area contributed by atoms with Crippen molar-refractivity contribution in [2.45, 2.75) is 112 Å². The van der Waals surface area contributed by atoms with Crippen molar-refractivity contribution >= 4 is 41.7 Å². The Bertz CT molecular complexity index is 5430. The molecule has 0 aromatic heterocycles. The van der Waals surface area contributed by atoms with Gasteiger partial charge in [-0.1, -0.05) is 295 Å². The summed E-state index contributed by atoms with van der Waals surface area (Å²) < 4.78 is 31.9. The standard InChI is InChI=1S/C24H26F2O2.C21H19NO2.C21H14O2.C18H14O4.C17H14O2/c1-23(2,3)21-19-16-11-7-5-9-14(16)18(15-10-6-8-12-17(15)19)20(21)22(27)28-13-24(4,25)26;1-2-11-22-20(23)18-16-12-7-3-4-8-13(12)17(19(18)21(22)24)15-10-6-5-9-14(15)16;22-20(23)21-16-10-4-1-7-13(16)19(14-8-2-5-11-17(14)21)15-9-3-6-12-18(15)21;19-17(20)15-13-9-5-1-2-6-10(9)14(16(15)18(21)22)12-8-4-3-7-11(12)13;18-17(19)15-9-14-10-5-1-3-7-12(10)16(15)13-8-4-2-6-11(13)14/h5-12,18-21H,13H2,1-4H3;3-10,16-19H,2,11H2,1H3;1-12,19H,(H,22,23);1-8,13-16H,(H,19,20)(H,21,22);1-8,14-16H,9H2,(H,18,19)/p-4. The lowest BCUT2D eigenvalue weighted by atomic mass is 9.49. The van der Waals surface area contributed by atoms with Crippen LogP contribution in [0.4, 0.5) is 8.78 Å². The van der Waals surface area contributed by atoms with Crippen molar-refractivity contribution in [3.8, 4) is 0 Å². The predicted molar refractivity (Wildman–Crippen MR) is 424 cm³/mol. The van der Waals surface area contributed by atoms with Crippen LogP contribution in [0.25, 0.3) is 0 Å². The zero-order chi connectivity index (χ0) is 80.7. The van der Waals surface area contributed by atoms with Gasteiger partial charge in [-0.25, -0.2) is 8.78 Å². The molecule has 116 heavy (non-hydrogen) atoms. The summed E-state index contributed by atoms with van der Waals surface area (Å²) in [7, 11) is 0. The molecular weight excluding hydrogens is 1460 g/mol. The van der Waals surface area contributed by atoms with E-state index in [9.17, 15) is 62.8 Å². The minimum atomic E-state index is -3.03. The number of halogens is 2. The van der Waals surface area contributed by atoms with Gasteiger partial charge in [-0.2, -0.15) is 0 Å².